The van der Waals surface area contributed by atoms with Gasteiger partial charge in [-0.1, -0.05) is 54.0 Å². The molecule has 2 rings (SSSR count). The van der Waals surface area contributed by atoms with Crippen LogP contribution in [0.25, 0.3) is 0 Å². The smallest absolute Gasteiger partial charge is 0.458 e. The molecule has 0 radical (unpaired) electrons. The van der Waals surface area contributed by atoms with Gasteiger partial charge >= 0.3 is 24.1 Å². The Balaban J connectivity index is 2.05. The first-order valence-corrected chi connectivity index (χ1v) is 15.1. The molecule has 1 aliphatic carbocycles. The number of benzene rings is 1. The summed E-state index contributed by atoms with van der Waals surface area (Å²) in [6.45, 7) is 14.4. The number of carbonyl (C=O) groups is 4. The summed E-state index contributed by atoms with van der Waals surface area (Å²) in [6, 6.07) is 3.66. The molecule has 0 saturated heterocycles. The van der Waals surface area contributed by atoms with E-state index in [0.717, 1.165) is 32.1 Å². The Hall–Kier alpha value is -3.14. The molecule has 0 aliphatic heterocycles. The molecule has 10 nitrogen and oxygen atoms in total. The van der Waals surface area contributed by atoms with Crippen molar-refractivity contribution in [1.82, 2.24) is 0 Å². The Morgan fingerprint density at radius 1 is 0.738 bits per heavy atom. The minimum atomic E-state index is -1.05. The first-order valence-electron chi connectivity index (χ1n) is 15.1. The quantitative estimate of drug-likeness (QED) is 0.222. The molecular weight excluding hydrogens is 542 g/mol. The van der Waals surface area contributed by atoms with Gasteiger partial charge in [-0.05, 0) is 75.5 Å². The lowest BCUT2D eigenvalue weighted by molar-refractivity contribution is -0.156. The highest BCUT2D eigenvalue weighted by atomic mass is 16.7. The second-order valence-corrected chi connectivity index (χ2v) is 12.1. The van der Waals surface area contributed by atoms with Crippen LogP contribution in [0.15, 0.2) is 18.2 Å². The van der Waals surface area contributed by atoms with Crippen molar-refractivity contribution in [3.63, 3.8) is 0 Å². The summed E-state index contributed by atoms with van der Waals surface area (Å²) in [5.41, 5.74) is 6.73. The van der Waals surface area contributed by atoms with Gasteiger partial charge in [0, 0.05) is 0 Å². The number of hydrogen-bond acceptors (Lipinski definition) is 10. The van der Waals surface area contributed by atoms with Crippen molar-refractivity contribution in [2.24, 2.45) is 29.4 Å². The highest BCUT2D eigenvalue weighted by molar-refractivity contribution is 5.79. The summed E-state index contributed by atoms with van der Waals surface area (Å²) in [4.78, 5) is 50.3. The highest BCUT2D eigenvalue weighted by Gasteiger charge is 2.28. The third-order valence-electron chi connectivity index (χ3n) is 7.99. The number of nitrogens with two attached hydrogens (primary N) is 1. The van der Waals surface area contributed by atoms with E-state index in [9.17, 15) is 19.2 Å². The standard InChI is InChI=1S/C32H49NO9/c1-18(2)20(5)29(34)41-27-15-14-24(17-28(27)42-30(35)21(6)19(3)4)16-26(33)31(36)38-22(7)23(8)39-32(37)40-25-12-10-9-11-13-25/h14-15,17-23,25-26H,9-13,16,33H2,1-8H3/t20?,21?,22-,23-,26-/m0/s1. The average molecular weight is 592 g/mol. The van der Waals surface area contributed by atoms with Gasteiger partial charge in [0.25, 0.3) is 0 Å². The van der Waals surface area contributed by atoms with Crippen molar-refractivity contribution in [2.75, 3.05) is 0 Å². The fourth-order valence-corrected chi connectivity index (χ4v) is 4.09. The maximum absolute atomic E-state index is 12.8. The van der Waals surface area contributed by atoms with E-state index in [1.54, 1.807) is 33.8 Å². The van der Waals surface area contributed by atoms with Gasteiger partial charge in [0.05, 0.1) is 11.8 Å². The molecule has 0 bridgehead atoms. The number of ether oxygens (including phenoxy) is 5. The van der Waals surface area contributed by atoms with Gasteiger partial charge in [0.15, 0.2) is 11.5 Å². The molecule has 1 aromatic carbocycles. The zero-order valence-corrected chi connectivity index (χ0v) is 26.3. The van der Waals surface area contributed by atoms with E-state index in [1.807, 2.05) is 27.7 Å². The normalized spacial score (nSPS) is 17.5. The first kappa shape index (κ1) is 35.1. The van der Waals surface area contributed by atoms with Crippen LogP contribution in [-0.2, 0) is 35.0 Å². The molecule has 236 valence electrons. The van der Waals surface area contributed by atoms with Crippen LogP contribution < -0.4 is 15.2 Å². The molecule has 10 heteroatoms. The van der Waals surface area contributed by atoms with Crippen LogP contribution in [0.2, 0.25) is 0 Å². The molecule has 1 fully saturated rings. The molecule has 0 heterocycles. The number of rotatable bonds is 13. The van der Waals surface area contributed by atoms with Crippen molar-refractivity contribution in [1.29, 1.82) is 0 Å². The topological polar surface area (TPSA) is 140 Å². The minimum Gasteiger partial charge on any atom is -0.458 e. The number of hydrogen-bond donors (Lipinski definition) is 1. The first-order chi connectivity index (χ1) is 19.7. The van der Waals surface area contributed by atoms with Gasteiger partial charge in [-0.3, -0.25) is 14.4 Å². The lowest BCUT2D eigenvalue weighted by Gasteiger charge is -2.25. The molecule has 5 atom stereocenters. The lowest BCUT2D eigenvalue weighted by Crippen LogP contribution is -2.39. The van der Waals surface area contributed by atoms with Crippen molar-refractivity contribution < 1.29 is 42.9 Å². The maximum Gasteiger partial charge on any atom is 0.508 e. The zero-order valence-electron chi connectivity index (χ0n) is 26.3. The molecule has 2 N–H and O–H groups in total. The van der Waals surface area contributed by atoms with Crippen LogP contribution in [0, 0.1) is 23.7 Å². The summed E-state index contributed by atoms with van der Waals surface area (Å²) in [5.74, 6) is -2.08. The molecular formula is C32H49NO9. The third-order valence-corrected chi connectivity index (χ3v) is 7.99. The molecule has 2 unspecified atom stereocenters. The summed E-state index contributed by atoms with van der Waals surface area (Å²) in [6.07, 6.45) is 2.45. The van der Waals surface area contributed by atoms with Gasteiger partial charge in [-0.25, -0.2) is 4.79 Å². The Bertz CT molecular complexity index is 1060. The van der Waals surface area contributed by atoms with Gasteiger partial charge in [0.1, 0.15) is 24.4 Å². The summed E-state index contributed by atoms with van der Waals surface area (Å²) >= 11 is 0. The predicted molar refractivity (Wildman–Crippen MR) is 157 cm³/mol. The SMILES string of the molecule is CC(C)C(C)C(=O)Oc1ccc(C[C@H](N)C(=O)O[C@@H](C)[C@H](C)OC(=O)OC2CCCCC2)cc1OC(=O)C(C)C(C)C. The second-order valence-electron chi connectivity index (χ2n) is 12.1. The van der Waals surface area contributed by atoms with Crippen LogP contribution >= 0.6 is 0 Å². The predicted octanol–water partition coefficient (Wildman–Crippen LogP) is 5.76. The largest absolute Gasteiger partial charge is 0.508 e. The van der Waals surface area contributed by atoms with Crippen LogP contribution in [-0.4, -0.2) is 48.4 Å². The Labute approximate surface area is 249 Å². The zero-order chi connectivity index (χ0) is 31.6. The minimum absolute atomic E-state index is 0.0401. The number of esters is 3. The summed E-state index contributed by atoms with van der Waals surface area (Å²) in [7, 11) is 0. The Morgan fingerprint density at radius 3 is 1.81 bits per heavy atom. The second kappa shape index (κ2) is 16.5. The fourth-order valence-electron chi connectivity index (χ4n) is 4.09. The van der Waals surface area contributed by atoms with Crippen molar-refractivity contribution in [2.45, 2.75) is 118 Å². The summed E-state index contributed by atoms with van der Waals surface area (Å²) in [5, 5.41) is 0. The molecule has 1 aromatic rings. The van der Waals surface area contributed by atoms with E-state index in [0.29, 0.717) is 5.56 Å². The van der Waals surface area contributed by atoms with Gasteiger partial charge in [0.2, 0.25) is 0 Å². The molecule has 42 heavy (non-hydrogen) atoms. The summed E-state index contributed by atoms with van der Waals surface area (Å²) < 4.78 is 27.4. The van der Waals surface area contributed by atoms with E-state index in [1.165, 1.54) is 12.1 Å². The molecule has 1 aliphatic rings. The fraction of sp³-hybridized carbons (Fsp3) is 0.688. The molecule has 0 amide bonds. The van der Waals surface area contributed by atoms with E-state index >= 15 is 0 Å². The van der Waals surface area contributed by atoms with E-state index in [2.05, 4.69) is 0 Å². The van der Waals surface area contributed by atoms with Gasteiger partial charge in [-0.15, -0.1) is 0 Å². The van der Waals surface area contributed by atoms with Gasteiger partial charge < -0.3 is 29.4 Å². The molecule has 0 spiro atoms. The number of carbonyl (C=O) groups excluding carboxylic acids is 4. The van der Waals surface area contributed by atoms with Crippen molar-refractivity contribution in [3.05, 3.63) is 23.8 Å². The van der Waals surface area contributed by atoms with E-state index in [4.69, 9.17) is 29.4 Å². The maximum atomic E-state index is 12.8. The van der Waals surface area contributed by atoms with Crippen molar-refractivity contribution >= 4 is 24.1 Å². The highest BCUT2D eigenvalue weighted by Crippen LogP contribution is 2.32. The van der Waals surface area contributed by atoms with Crippen molar-refractivity contribution in [3.8, 4) is 11.5 Å². The average Bonchev–Trinajstić information content (AvgIpc) is 2.93. The Morgan fingerprint density at radius 2 is 1.26 bits per heavy atom. The van der Waals surface area contributed by atoms with Crippen LogP contribution in [0.3, 0.4) is 0 Å². The van der Waals surface area contributed by atoms with E-state index < -0.39 is 48.2 Å². The van der Waals surface area contributed by atoms with Crippen LogP contribution in [0.1, 0.15) is 93.1 Å². The van der Waals surface area contributed by atoms with Crippen LogP contribution in [0.5, 0.6) is 11.5 Å². The Kier molecular flexibility index (Phi) is 13.8. The van der Waals surface area contributed by atoms with Crippen LogP contribution in [0.4, 0.5) is 4.79 Å². The monoisotopic (exact) mass is 591 g/mol. The lowest BCUT2D eigenvalue weighted by atomic mass is 9.98. The van der Waals surface area contributed by atoms with E-state index in [-0.39, 0.29) is 41.8 Å². The molecule has 0 aromatic heterocycles. The third kappa shape index (κ3) is 10.9. The van der Waals surface area contributed by atoms with Gasteiger partial charge in [-0.2, -0.15) is 0 Å². The molecule has 1 saturated carbocycles.